The summed E-state index contributed by atoms with van der Waals surface area (Å²) in [6.45, 7) is 1.54. The molecule has 0 radical (unpaired) electrons. The van der Waals surface area contributed by atoms with Crippen molar-refractivity contribution in [1.29, 1.82) is 0 Å². The molecule has 6 heteroatoms. The van der Waals surface area contributed by atoms with Crippen molar-refractivity contribution in [3.05, 3.63) is 12.3 Å². The van der Waals surface area contributed by atoms with Crippen LogP contribution in [-0.2, 0) is 16.6 Å². The number of methoxy groups -OCH3 is 1. The summed E-state index contributed by atoms with van der Waals surface area (Å²) in [5, 5.41) is 9.81. The third-order valence-electron chi connectivity index (χ3n) is 1.99. The van der Waals surface area contributed by atoms with Crippen LogP contribution in [0.3, 0.4) is 0 Å². The number of amides is 1. The minimum absolute atomic E-state index is 0.0400. The third-order valence-corrected chi connectivity index (χ3v) is 1.99. The Morgan fingerprint density at radius 2 is 2.44 bits per heavy atom. The predicted octanol–water partition coefficient (Wildman–Crippen LogP) is -0.0153. The van der Waals surface area contributed by atoms with Gasteiger partial charge in [0.15, 0.2) is 0 Å². The van der Waals surface area contributed by atoms with Crippen LogP contribution in [0.15, 0.2) is 12.3 Å². The lowest BCUT2D eigenvalue weighted by Crippen LogP contribution is -2.31. The van der Waals surface area contributed by atoms with Crippen molar-refractivity contribution >= 4 is 11.7 Å². The first-order valence-corrected chi connectivity index (χ1v) is 5.21. The number of nitrogens with one attached hydrogen (secondary N) is 2. The Bertz CT molecular complexity index is 324. The zero-order valence-electron chi connectivity index (χ0n) is 9.69. The molecule has 0 aromatic carbocycles. The van der Waals surface area contributed by atoms with Gasteiger partial charge in [-0.15, -0.1) is 0 Å². The minimum atomic E-state index is -0.0400. The lowest BCUT2D eigenvalue weighted by atomic mass is 10.4. The average Bonchev–Trinajstić information content (AvgIpc) is 2.68. The van der Waals surface area contributed by atoms with E-state index in [1.807, 2.05) is 19.3 Å². The molecule has 0 aliphatic carbocycles. The van der Waals surface area contributed by atoms with Gasteiger partial charge in [0.25, 0.3) is 0 Å². The zero-order chi connectivity index (χ0) is 11.8. The number of anilines is 1. The van der Waals surface area contributed by atoms with Crippen molar-refractivity contribution in [3.63, 3.8) is 0 Å². The fraction of sp³-hybridized carbons (Fsp3) is 0.600. The molecular weight excluding hydrogens is 208 g/mol. The lowest BCUT2D eigenvalue weighted by Gasteiger charge is -2.05. The topological polar surface area (TPSA) is 68.2 Å². The normalized spacial score (nSPS) is 10.1. The molecule has 0 aliphatic rings. The number of carbonyl (C=O) groups is 1. The highest BCUT2D eigenvalue weighted by Gasteiger charge is 2.01. The molecule has 0 unspecified atom stereocenters. The van der Waals surface area contributed by atoms with E-state index < -0.39 is 0 Å². The Balaban J connectivity index is 2.10. The molecule has 1 aromatic rings. The van der Waals surface area contributed by atoms with Gasteiger partial charge in [0.1, 0.15) is 5.82 Å². The maximum Gasteiger partial charge on any atom is 0.239 e. The zero-order valence-corrected chi connectivity index (χ0v) is 9.69. The van der Waals surface area contributed by atoms with Crippen LogP contribution in [0.4, 0.5) is 5.82 Å². The number of rotatable bonds is 7. The molecule has 0 saturated heterocycles. The molecule has 0 fully saturated rings. The van der Waals surface area contributed by atoms with Gasteiger partial charge in [-0.3, -0.25) is 9.48 Å². The van der Waals surface area contributed by atoms with E-state index in [4.69, 9.17) is 4.74 Å². The molecule has 0 aliphatic heterocycles. The van der Waals surface area contributed by atoms with E-state index in [2.05, 4.69) is 15.7 Å². The fourth-order valence-electron chi connectivity index (χ4n) is 1.19. The van der Waals surface area contributed by atoms with E-state index in [-0.39, 0.29) is 12.5 Å². The van der Waals surface area contributed by atoms with E-state index in [1.54, 1.807) is 11.8 Å². The maximum atomic E-state index is 11.3. The van der Waals surface area contributed by atoms with Gasteiger partial charge in [0, 0.05) is 39.6 Å². The first-order valence-electron chi connectivity index (χ1n) is 5.21. The van der Waals surface area contributed by atoms with Crippen molar-refractivity contribution in [2.45, 2.75) is 6.42 Å². The Hall–Kier alpha value is -1.56. The number of aromatic nitrogens is 2. The Labute approximate surface area is 95.0 Å². The largest absolute Gasteiger partial charge is 0.385 e. The standard InChI is InChI=1S/C10H18N4O2/c1-14-6-4-9(13-14)12-8-10(15)11-5-3-7-16-2/h4,6H,3,5,7-8H2,1-2H3,(H,11,15)(H,12,13). The van der Waals surface area contributed by atoms with Crippen molar-refractivity contribution in [2.24, 2.45) is 7.05 Å². The van der Waals surface area contributed by atoms with Crippen LogP contribution in [0.1, 0.15) is 6.42 Å². The van der Waals surface area contributed by atoms with Gasteiger partial charge in [0.2, 0.25) is 5.91 Å². The predicted molar refractivity (Wildman–Crippen MR) is 61.2 cm³/mol. The monoisotopic (exact) mass is 226 g/mol. The lowest BCUT2D eigenvalue weighted by molar-refractivity contribution is -0.119. The second-order valence-electron chi connectivity index (χ2n) is 3.42. The molecule has 0 spiro atoms. The molecule has 0 atom stereocenters. The first-order chi connectivity index (χ1) is 7.72. The second-order valence-corrected chi connectivity index (χ2v) is 3.42. The van der Waals surface area contributed by atoms with Crippen molar-refractivity contribution in [1.82, 2.24) is 15.1 Å². The van der Waals surface area contributed by atoms with Crippen LogP contribution in [0, 0.1) is 0 Å². The molecule has 6 nitrogen and oxygen atoms in total. The minimum Gasteiger partial charge on any atom is -0.385 e. The highest BCUT2D eigenvalue weighted by atomic mass is 16.5. The molecule has 1 heterocycles. The highest BCUT2D eigenvalue weighted by molar-refractivity contribution is 5.80. The molecular formula is C10H18N4O2. The fourth-order valence-corrected chi connectivity index (χ4v) is 1.19. The van der Waals surface area contributed by atoms with Gasteiger partial charge >= 0.3 is 0 Å². The van der Waals surface area contributed by atoms with E-state index in [0.29, 0.717) is 19.0 Å². The van der Waals surface area contributed by atoms with Crippen molar-refractivity contribution < 1.29 is 9.53 Å². The number of hydrogen-bond donors (Lipinski definition) is 2. The number of hydrogen-bond acceptors (Lipinski definition) is 4. The summed E-state index contributed by atoms with van der Waals surface area (Å²) in [6, 6.07) is 1.82. The van der Waals surface area contributed by atoms with Crippen LogP contribution in [0.5, 0.6) is 0 Å². The van der Waals surface area contributed by atoms with Gasteiger partial charge in [-0.05, 0) is 6.42 Å². The first kappa shape index (κ1) is 12.5. The number of nitrogens with zero attached hydrogens (tertiary/aromatic N) is 2. The second kappa shape index (κ2) is 6.84. The summed E-state index contributed by atoms with van der Waals surface area (Å²) in [7, 11) is 3.47. The van der Waals surface area contributed by atoms with E-state index >= 15 is 0 Å². The average molecular weight is 226 g/mol. The Kier molecular flexibility index (Phi) is 5.35. The molecule has 0 bridgehead atoms. The molecule has 1 aromatic heterocycles. The summed E-state index contributed by atoms with van der Waals surface area (Å²) in [4.78, 5) is 11.3. The van der Waals surface area contributed by atoms with E-state index in [0.717, 1.165) is 6.42 Å². The van der Waals surface area contributed by atoms with Crippen molar-refractivity contribution in [2.75, 3.05) is 32.1 Å². The molecule has 0 saturated carbocycles. The summed E-state index contributed by atoms with van der Waals surface area (Å²) < 4.78 is 6.56. The van der Waals surface area contributed by atoms with E-state index in [1.165, 1.54) is 0 Å². The Morgan fingerprint density at radius 3 is 3.06 bits per heavy atom. The van der Waals surface area contributed by atoms with Crippen molar-refractivity contribution in [3.8, 4) is 0 Å². The van der Waals surface area contributed by atoms with Gasteiger partial charge in [0.05, 0.1) is 6.54 Å². The summed E-state index contributed by atoms with van der Waals surface area (Å²) >= 11 is 0. The van der Waals surface area contributed by atoms with Gasteiger partial charge in [-0.1, -0.05) is 0 Å². The SMILES string of the molecule is COCCCNC(=O)CNc1ccn(C)n1. The number of ether oxygens (including phenoxy) is 1. The molecule has 2 N–H and O–H groups in total. The van der Waals surface area contributed by atoms with Crippen LogP contribution in [-0.4, -0.2) is 42.5 Å². The molecule has 1 amide bonds. The smallest absolute Gasteiger partial charge is 0.239 e. The maximum absolute atomic E-state index is 11.3. The van der Waals surface area contributed by atoms with Crippen LogP contribution in [0.25, 0.3) is 0 Å². The quantitative estimate of drug-likeness (QED) is 0.641. The highest BCUT2D eigenvalue weighted by Crippen LogP contribution is 1.99. The van der Waals surface area contributed by atoms with Gasteiger partial charge in [-0.2, -0.15) is 5.10 Å². The van der Waals surface area contributed by atoms with Gasteiger partial charge < -0.3 is 15.4 Å². The number of carbonyl (C=O) groups excluding carboxylic acids is 1. The van der Waals surface area contributed by atoms with E-state index in [9.17, 15) is 4.79 Å². The van der Waals surface area contributed by atoms with Crippen LogP contribution >= 0.6 is 0 Å². The van der Waals surface area contributed by atoms with Crippen LogP contribution in [0.2, 0.25) is 0 Å². The van der Waals surface area contributed by atoms with Crippen LogP contribution < -0.4 is 10.6 Å². The molecule has 16 heavy (non-hydrogen) atoms. The summed E-state index contributed by atoms with van der Waals surface area (Å²) in [5.41, 5.74) is 0. The molecule has 90 valence electrons. The third kappa shape index (κ3) is 4.79. The summed E-state index contributed by atoms with van der Waals surface area (Å²) in [6.07, 6.45) is 2.64. The number of aryl methyl sites for hydroxylation is 1. The Morgan fingerprint density at radius 1 is 1.62 bits per heavy atom. The molecule has 1 rings (SSSR count). The summed E-state index contributed by atoms with van der Waals surface area (Å²) in [5.74, 6) is 0.663. The van der Waals surface area contributed by atoms with Gasteiger partial charge in [-0.25, -0.2) is 0 Å².